The summed E-state index contributed by atoms with van der Waals surface area (Å²) in [5, 5.41) is 4.32. The number of anilines is 2. The average Bonchev–Trinajstić information content (AvgIpc) is 2.99. The number of pyridine rings is 1. The Hall–Kier alpha value is -1.58. The molecule has 28 heavy (non-hydrogen) atoms. The number of benzene rings is 1. The molecular formula is C24H32ClN3. The van der Waals surface area contributed by atoms with E-state index in [9.17, 15) is 0 Å². The van der Waals surface area contributed by atoms with Crippen molar-refractivity contribution < 1.29 is 0 Å². The molecule has 3 nitrogen and oxygen atoms in total. The van der Waals surface area contributed by atoms with E-state index < -0.39 is 0 Å². The van der Waals surface area contributed by atoms with E-state index in [0.29, 0.717) is 5.92 Å². The normalized spacial score (nSPS) is 19.0. The van der Waals surface area contributed by atoms with Crippen LogP contribution in [0, 0.1) is 5.92 Å². The fraction of sp³-hybridized carbons (Fsp3) is 0.542. The molecule has 1 N–H and O–H groups in total. The number of nitrogens with one attached hydrogen (secondary N) is 1. The molecule has 2 aromatic rings. The maximum absolute atomic E-state index is 6.66. The van der Waals surface area contributed by atoms with Gasteiger partial charge in [-0.2, -0.15) is 0 Å². The van der Waals surface area contributed by atoms with Crippen LogP contribution in [0.2, 0.25) is 5.02 Å². The van der Waals surface area contributed by atoms with Crippen LogP contribution in [-0.4, -0.2) is 25.1 Å². The average molecular weight is 398 g/mol. The summed E-state index contributed by atoms with van der Waals surface area (Å²) in [6.45, 7) is 4.39. The van der Waals surface area contributed by atoms with E-state index in [1.54, 1.807) is 0 Å². The number of hydrogen-bond acceptors (Lipinski definition) is 3. The summed E-state index contributed by atoms with van der Waals surface area (Å²) in [5.41, 5.74) is 6.25. The molecule has 1 atom stereocenters. The summed E-state index contributed by atoms with van der Waals surface area (Å²) in [6.07, 6.45) is 11.0. The molecule has 0 bridgehead atoms. The molecule has 1 fully saturated rings. The zero-order chi connectivity index (χ0) is 19.5. The van der Waals surface area contributed by atoms with Gasteiger partial charge >= 0.3 is 0 Å². The zero-order valence-corrected chi connectivity index (χ0v) is 17.9. The first-order valence-electron chi connectivity index (χ1n) is 10.9. The van der Waals surface area contributed by atoms with Gasteiger partial charge in [0.1, 0.15) is 0 Å². The number of nitrogens with zero attached hydrogens (tertiary/aromatic N) is 2. The van der Waals surface area contributed by atoms with E-state index in [-0.39, 0.29) is 0 Å². The van der Waals surface area contributed by atoms with Crippen LogP contribution in [0.25, 0.3) is 0 Å². The standard InChI is InChI=1S/C24H32ClN3/c1-17(18-6-4-3-5-7-18)23-11-9-20(16-27-23)28(2)24-21-13-15-26-14-12-19(21)8-10-22(24)25/h8-11,16-18,26H,3-7,12-15H2,1-2H3. The molecule has 2 heterocycles. The molecule has 0 spiro atoms. The van der Waals surface area contributed by atoms with Gasteiger partial charge in [0.15, 0.2) is 0 Å². The quantitative estimate of drug-likeness (QED) is 0.698. The highest BCUT2D eigenvalue weighted by Gasteiger charge is 2.23. The molecule has 2 aliphatic rings. The first kappa shape index (κ1) is 19.7. The Morgan fingerprint density at radius 1 is 1.07 bits per heavy atom. The van der Waals surface area contributed by atoms with E-state index >= 15 is 0 Å². The first-order valence-corrected chi connectivity index (χ1v) is 11.2. The Balaban J connectivity index is 1.58. The number of hydrogen-bond donors (Lipinski definition) is 1. The van der Waals surface area contributed by atoms with Crippen molar-refractivity contribution in [2.75, 3.05) is 25.0 Å². The summed E-state index contributed by atoms with van der Waals surface area (Å²) in [6, 6.07) is 8.67. The van der Waals surface area contributed by atoms with Gasteiger partial charge in [-0.25, -0.2) is 0 Å². The third-order valence-electron chi connectivity index (χ3n) is 6.77. The number of aromatic nitrogens is 1. The van der Waals surface area contributed by atoms with Crippen molar-refractivity contribution >= 4 is 23.0 Å². The Bertz CT molecular complexity index is 796. The van der Waals surface area contributed by atoms with Crippen LogP contribution < -0.4 is 10.2 Å². The third kappa shape index (κ3) is 4.06. The van der Waals surface area contributed by atoms with Gasteiger partial charge in [0.2, 0.25) is 0 Å². The number of rotatable bonds is 4. The molecule has 150 valence electrons. The van der Waals surface area contributed by atoms with Crippen molar-refractivity contribution in [3.8, 4) is 0 Å². The van der Waals surface area contributed by atoms with Gasteiger partial charge < -0.3 is 10.2 Å². The maximum atomic E-state index is 6.66. The van der Waals surface area contributed by atoms with Gasteiger partial charge in [-0.05, 0) is 74.0 Å². The van der Waals surface area contributed by atoms with E-state index in [2.05, 4.69) is 42.4 Å². The summed E-state index contributed by atoms with van der Waals surface area (Å²) < 4.78 is 0. The minimum Gasteiger partial charge on any atom is -0.342 e. The van der Waals surface area contributed by atoms with Crippen LogP contribution in [0.5, 0.6) is 0 Å². The van der Waals surface area contributed by atoms with Crippen molar-refractivity contribution in [2.45, 2.75) is 57.8 Å². The van der Waals surface area contributed by atoms with Crippen LogP contribution in [0.1, 0.15) is 61.8 Å². The van der Waals surface area contributed by atoms with E-state index in [1.165, 1.54) is 48.9 Å². The second-order valence-electron chi connectivity index (χ2n) is 8.47. The van der Waals surface area contributed by atoms with Crippen molar-refractivity contribution in [3.63, 3.8) is 0 Å². The Morgan fingerprint density at radius 3 is 2.61 bits per heavy atom. The van der Waals surface area contributed by atoms with Gasteiger partial charge in [0.25, 0.3) is 0 Å². The van der Waals surface area contributed by atoms with Gasteiger partial charge in [-0.3, -0.25) is 4.98 Å². The zero-order valence-electron chi connectivity index (χ0n) is 17.2. The number of halogens is 1. The largest absolute Gasteiger partial charge is 0.342 e. The van der Waals surface area contributed by atoms with Crippen LogP contribution >= 0.6 is 11.6 Å². The lowest BCUT2D eigenvalue weighted by molar-refractivity contribution is 0.313. The van der Waals surface area contributed by atoms with Crippen molar-refractivity contribution in [1.82, 2.24) is 10.3 Å². The lowest BCUT2D eigenvalue weighted by Crippen LogP contribution is -2.17. The summed E-state index contributed by atoms with van der Waals surface area (Å²) >= 11 is 6.66. The Morgan fingerprint density at radius 2 is 1.86 bits per heavy atom. The van der Waals surface area contributed by atoms with Crippen LogP contribution in [0.3, 0.4) is 0 Å². The highest BCUT2D eigenvalue weighted by atomic mass is 35.5. The molecule has 0 amide bonds. The van der Waals surface area contributed by atoms with E-state index in [4.69, 9.17) is 16.6 Å². The third-order valence-corrected chi connectivity index (χ3v) is 7.08. The smallest absolute Gasteiger partial charge is 0.0646 e. The van der Waals surface area contributed by atoms with Crippen LogP contribution in [0.15, 0.2) is 30.5 Å². The van der Waals surface area contributed by atoms with E-state index in [0.717, 1.165) is 48.2 Å². The molecule has 1 aliphatic heterocycles. The maximum Gasteiger partial charge on any atom is 0.0646 e. The molecular weight excluding hydrogens is 366 g/mol. The van der Waals surface area contributed by atoms with E-state index in [1.807, 2.05) is 12.3 Å². The lowest BCUT2D eigenvalue weighted by atomic mass is 9.79. The topological polar surface area (TPSA) is 28.2 Å². The van der Waals surface area contributed by atoms with Gasteiger partial charge in [-0.1, -0.05) is 43.9 Å². The highest BCUT2D eigenvalue weighted by Crippen LogP contribution is 2.38. The summed E-state index contributed by atoms with van der Waals surface area (Å²) in [5.74, 6) is 1.33. The molecule has 4 heteroatoms. The minimum absolute atomic E-state index is 0.544. The summed E-state index contributed by atoms with van der Waals surface area (Å²) in [4.78, 5) is 7.08. The fourth-order valence-electron chi connectivity index (χ4n) is 4.96. The summed E-state index contributed by atoms with van der Waals surface area (Å²) in [7, 11) is 2.11. The van der Waals surface area contributed by atoms with Crippen molar-refractivity contribution in [3.05, 3.63) is 52.3 Å². The fourth-order valence-corrected chi connectivity index (χ4v) is 5.26. The molecule has 0 saturated heterocycles. The molecule has 1 aromatic heterocycles. The SMILES string of the molecule is CC(c1ccc(N(C)c2c(Cl)ccc3c2CCNCC3)cn1)C1CCCCC1. The molecule has 1 aromatic carbocycles. The predicted molar refractivity (Wildman–Crippen MR) is 119 cm³/mol. The van der Waals surface area contributed by atoms with Gasteiger partial charge in [0.05, 0.1) is 22.6 Å². The first-order chi connectivity index (χ1) is 13.6. The molecule has 1 saturated carbocycles. The Labute approximate surface area is 174 Å². The lowest BCUT2D eigenvalue weighted by Gasteiger charge is -2.28. The minimum atomic E-state index is 0.544. The number of fused-ring (bicyclic) bond motifs is 1. The Kier molecular flexibility index (Phi) is 6.22. The van der Waals surface area contributed by atoms with Gasteiger partial charge in [0, 0.05) is 18.7 Å². The van der Waals surface area contributed by atoms with Crippen LogP contribution in [-0.2, 0) is 12.8 Å². The van der Waals surface area contributed by atoms with Crippen LogP contribution in [0.4, 0.5) is 11.4 Å². The molecule has 0 radical (unpaired) electrons. The second kappa shape index (κ2) is 8.84. The predicted octanol–water partition coefficient (Wildman–Crippen LogP) is 5.87. The molecule has 1 aliphatic carbocycles. The van der Waals surface area contributed by atoms with Crippen molar-refractivity contribution in [2.24, 2.45) is 5.92 Å². The molecule has 1 unspecified atom stereocenters. The monoisotopic (exact) mass is 397 g/mol. The highest BCUT2D eigenvalue weighted by molar-refractivity contribution is 6.33. The van der Waals surface area contributed by atoms with Gasteiger partial charge in [-0.15, -0.1) is 0 Å². The molecule has 4 rings (SSSR count). The second-order valence-corrected chi connectivity index (χ2v) is 8.88. The van der Waals surface area contributed by atoms with Crippen molar-refractivity contribution in [1.29, 1.82) is 0 Å².